The van der Waals surface area contributed by atoms with Gasteiger partial charge in [0.2, 0.25) is 0 Å². The van der Waals surface area contributed by atoms with Crippen LogP contribution < -0.4 is 5.73 Å². The Morgan fingerprint density at radius 1 is 0.700 bits per heavy atom. The van der Waals surface area contributed by atoms with E-state index in [0.29, 0.717) is 0 Å². The van der Waals surface area contributed by atoms with E-state index in [-0.39, 0.29) is 0 Å². The number of rotatable bonds is 15. The van der Waals surface area contributed by atoms with Crippen molar-refractivity contribution in [3.05, 3.63) is 0 Å². The summed E-state index contributed by atoms with van der Waals surface area (Å²) in [6.07, 6.45) is 9.51. The molecule has 0 radical (unpaired) electrons. The van der Waals surface area contributed by atoms with Crippen molar-refractivity contribution >= 4 is 18.4 Å². The third-order valence-corrected chi connectivity index (χ3v) is 20.2. The van der Waals surface area contributed by atoms with Gasteiger partial charge in [0.25, 0.3) is 0 Å². The third kappa shape index (κ3) is 10.4. The summed E-state index contributed by atoms with van der Waals surface area (Å²) >= 11 is -1.90. The molecule has 3 heteroatoms. The van der Waals surface area contributed by atoms with Gasteiger partial charge in [0.05, 0.1) is 0 Å². The summed E-state index contributed by atoms with van der Waals surface area (Å²) in [6, 6.07) is 0. The van der Waals surface area contributed by atoms with Gasteiger partial charge in [-0.1, -0.05) is 0 Å². The van der Waals surface area contributed by atoms with Gasteiger partial charge in [-0.2, -0.15) is 0 Å². The Morgan fingerprint density at radius 2 is 1.20 bits per heavy atom. The van der Waals surface area contributed by atoms with Crippen LogP contribution in [0.4, 0.5) is 0 Å². The molecule has 20 heavy (non-hydrogen) atoms. The summed E-state index contributed by atoms with van der Waals surface area (Å²) in [6.45, 7) is 9.67. The fourth-order valence-corrected chi connectivity index (χ4v) is 18.4. The zero-order chi connectivity index (χ0) is 15.1. The van der Waals surface area contributed by atoms with Crippen LogP contribution in [-0.2, 0) is 4.74 Å². The molecule has 0 aliphatic rings. The molecule has 0 spiro atoms. The van der Waals surface area contributed by atoms with E-state index >= 15 is 0 Å². The van der Waals surface area contributed by atoms with Gasteiger partial charge in [0.15, 0.2) is 0 Å². The van der Waals surface area contributed by atoms with E-state index in [1.165, 1.54) is 43.0 Å². The van der Waals surface area contributed by atoms with Crippen molar-refractivity contribution in [2.45, 2.75) is 83.5 Å². The molecule has 0 unspecified atom stereocenters. The quantitative estimate of drug-likeness (QED) is 0.307. The fourth-order valence-electron chi connectivity index (χ4n) is 2.98. The Kier molecular flexibility index (Phi) is 15.2. The van der Waals surface area contributed by atoms with Crippen LogP contribution in [0.25, 0.3) is 0 Å². The first kappa shape index (κ1) is 20.7. The molecule has 0 aromatic rings. The van der Waals surface area contributed by atoms with Gasteiger partial charge in [0, 0.05) is 0 Å². The van der Waals surface area contributed by atoms with Gasteiger partial charge in [-0.25, -0.2) is 0 Å². The summed E-state index contributed by atoms with van der Waals surface area (Å²) in [5.74, 6) is 0. The number of hydrogen-bond acceptors (Lipinski definition) is 2. The van der Waals surface area contributed by atoms with Gasteiger partial charge < -0.3 is 0 Å². The van der Waals surface area contributed by atoms with Crippen molar-refractivity contribution in [2.75, 3.05) is 19.8 Å². The van der Waals surface area contributed by atoms with E-state index in [0.717, 1.165) is 26.2 Å². The number of unbranched alkanes of at least 4 members (excludes halogenated alkanes) is 3. The molecule has 0 saturated heterocycles. The summed E-state index contributed by atoms with van der Waals surface area (Å²) in [5, 5.41) is 0. The van der Waals surface area contributed by atoms with Gasteiger partial charge in [-0.3, -0.25) is 0 Å². The first-order valence-corrected chi connectivity index (χ1v) is 17.1. The van der Waals surface area contributed by atoms with E-state index in [1.807, 2.05) is 0 Å². The molecular weight excluding hydrogens is 353 g/mol. The SMILES string of the molecule is CCC[CH2][Sn]([CH2]CCC)([CH2]CCC)[CH2]COCCCN. The molecule has 0 atom stereocenters. The molecule has 0 saturated carbocycles. The first-order valence-electron chi connectivity index (χ1n) is 9.02. The molecule has 0 amide bonds. The van der Waals surface area contributed by atoms with Crippen LogP contribution in [0, 0.1) is 0 Å². The summed E-state index contributed by atoms with van der Waals surface area (Å²) in [4.78, 5) is 0. The van der Waals surface area contributed by atoms with Crippen molar-refractivity contribution in [3.8, 4) is 0 Å². The van der Waals surface area contributed by atoms with Crippen LogP contribution in [0.3, 0.4) is 0 Å². The minimum atomic E-state index is -1.90. The minimum absolute atomic E-state index is 0.760. The molecule has 0 heterocycles. The Hall–Kier alpha value is 0.719. The molecule has 122 valence electrons. The Labute approximate surface area is 132 Å². The van der Waals surface area contributed by atoms with Crippen LogP contribution in [0.1, 0.15) is 65.7 Å². The predicted molar refractivity (Wildman–Crippen MR) is 94.2 cm³/mol. The normalized spacial score (nSPS) is 12.0. The molecule has 0 aromatic heterocycles. The van der Waals surface area contributed by atoms with Crippen molar-refractivity contribution in [3.63, 3.8) is 0 Å². The number of nitrogens with two attached hydrogens (primary N) is 1. The van der Waals surface area contributed by atoms with Crippen molar-refractivity contribution in [1.82, 2.24) is 0 Å². The van der Waals surface area contributed by atoms with E-state index in [1.54, 1.807) is 13.3 Å². The zero-order valence-corrected chi connectivity index (χ0v) is 17.2. The second-order valence-electron chi connectivity index (χ2n) is 6.32. The van der Waals surface area contributed by atoms with Crippen molar-refractivity contribution in [2.24, 2.45) is 5.73 Å². The predicted octanol–water partition coefficient (Wildman–Crippen LogP) is 5.20. The zero-order valence-electron chi connectivity index (χ0n) is 14.4. The first-order chi connectivity index (χ1) is 9.74. The van der Waals surface area contributed by atoms with Gasteiger partial charge in [-0.15, -0.1) is 0 Å². The Bertz CT molecular complexity index is 178. The van der Waals surface area contributed by atoms with Crippen LogP contribution in [-0.4, -0.2) is 38.1 Å². The Balaban J connectivity index is 4.34. The maximum atomic E-state index is 5.84. The van der Waals surface area contributed by atoms with Crippen LogP contribution in [0.15, 0.2) is 0 Å². The third-order valence-electron chi connectivity index (χ3n) is 4.45. The summed E-state index contributed by atoms with van der Waals surface area (Å²) < 4.78 is 12.1. The molecule has 0 fully saturated rings. The molecule has 0 aromatic carbocycles. The van der Waals surface area contributed by atoms with Crippen LogP contribution >= 0.6 is 0 Å². The molecular formula is C17H39NOSn. The van der Waals surface area contributed by atoms with E-state index in [9.17, 15) is 0 Å². The second-order valence-corrected chi connectivity index (χ2v) is 20.6. The van der Waals surface area contributed by atoms with Crippen molar-refractivity contribution in [1.29, 1.82) is 0 Å². The van der Waals surface area contributed by atoms with Crippen molar-refractivity contribution < 1.29 is 4.74 Å². The van der Waals surface area contributed by atoms with Gasteiger partial charge in [-0.05, 0) is 0 Å². The van der Waals surface area contributed by atoms with Gasteiger partial charge in [0.1, 0.15) is 0 Å². The molecule has 0 aliphatic carbocycles. The summed E-state index contributed by atoms with van der Waals surface area (Å²) in [7, 11) is 0. The monoisotopic (exact) mass is 393 g/mol. The van der Waals surface area contributed by atoms with E-state index in [2.05, 4.69) is 20.8 Å². The van der Waals surface area contributed by atoms with Gasteiger partial charge >= 0.3 is 132 Å². The average molecular weight is 392 g/mol. The van der Waals surface area contributed by atoms with Crippen LogP contribution in [0.2, 0.25) is 17.7 Å². The fraction of sp³-hybridized carbons (Fsp3) is 1.00. The standard InChI is InChI=1S/C5H12NO.3C4H9.Sn/c1-2-7-5-3-4-6;3*1-3-4-2;/h1-6H2;3*1,3-4H2,2H3;. The van der Waals surface area contributed by atoms with E-state index < -0.39 is 18.4 Å². The number of ether oxygens (including phenoxy) is 1. The summed E-state index contributed by atoms with van der Waals surface area (Å²) in [5.41, 5.74) is 5.53. The maximum absolute atomic E-state index is 5.84. The number of hydrogen-bond donors (Lipinski definition) is 1. The molecule has 2 nitrogen and oxygen atoms in total. The molecule has 2 N–H and O–H groups in total. The van der Waals surface area contributed by atoms with E-state index in [4.69, 9.17) is 10.5 Å². The second kappa shape index (κ2) is 14.6. The molecule has 0 aliphatic heterocycles. The molecule has 0 rings (SSSR count). The van der Waals surface area contributed by atoms with Crippen LogP contribution in [0.5, 0.6) is 0 Å². The molecule has 0 bridgehead atoms. The average Bonchev–Trinajstić information content (AvgIpc) is 2.48. The topological polar surface area (TPSA) is 35.2 Å². The Morgan fingerprint density at radius 3 is 1.60 bits per heavy atom.